The zero-order valence-corrected chi connectivity index (χ0v) is 26.3. The highest BCUT2D eigenvalue weighted by atomic mass is 19.3. The van der Waals surface area contributed by atoms with E-state index in [1.165, 1.54) is 33.4 Å². The van der Waals surface area contributed by atoms with Crippen molar-refractivity contribution in [1.82, 2.24) is 14.7 Å². The number of alkyl halides is 2. The second kappa shape index (κ2) is 13.1. The van der Waals surface area contributed by atoms with E-state index in [4.69, 9.17) is 0 Å². The minimum absolute atomic E-state index is 0.0301. The third-order valence-electron chi connectivity index (χ3n) is 9.32. The summed E-state index contributed by atoms with van der Waals surface area (Å²) in [5.41, 5.74) is 8.32. The van der Waals surface area contributed by atoms with Crippen molar-refractivity contribution in [3.63, 3.8) is 0 Å². The third kappa shape index (κ3) is 7.70. The topological polar surface area (TPSA) is 26.8 Å². The lowest BCUT2D eigenvalue weighted by Crippen LogP contribution is -2.48. The molecule has 2 aromatic carbocycles. The molecule has 6 heteroatoms. The van der Waals surface area contributed by atoms with Crippen LogP contribution in [0, 0.1) is 0 Å². The Kier molecular flexibility index (Phi) is 10.6. The maximum Gasteiger partial charge on any atom is 0.251 e. The van der Waals surface area contributed by atoms with Crippen LogP contribution in [0.4, 0.5) is 8.78 Å². The Bertz CT molecular complexity index is 1160. The number of hydrogen-bond acceptors (Lipinski definition) is 3. The standard InChI is InChI=1S/C18H28N2O.C16H23F2N/c1-7-18(2,3)15-9-8-13-11-16(17(21)19(4)5)20(6)12-14(13)10-15;1-4-16(2,3)14-6-5-12-7-8-19(11-15(17)18)10-13(12)9-14/h8-10,16H,7,11-12H2,1-6H3;5-6,9,15H,4,7-8,10-11H2,1-3H3. The second-order valence-electron chi connectivity index (χ2n) is 13.2. The van der Waals surface area contributed by atoms with Crippen LogP contribution >= 0.6 is 0 Å². The quantitative estimate of drug-likeness (QED) is 0.375. The van der Waals surface area contributed by atoms with E-state index < -0.39 is 6.43 Å². The van der Waals surface area contributed by atoms with Gasteiger partial charge in [0.15, 0.2) is 0 Å². The fourth-order valence-electron chi connectivity index (χ4n) is 5.51. The number of halogens is 2. The van der Waals surface area contributed by atoms with E-state index in [9.17, 15) is 13.6 Å². The Balaban J connectivity index is 0.000000222. The van der Waals surface area contributed by atoms with Crippen LogP contribution < -0.4 is 0 Å². The van der Waals surface area contributed by atoms with Crippen molar-refractivity contribution in [2.24, 2.45) is 0 Å². The summed E-state index contributed by atoms with van der Waals surface area (Å²) in [6.07, 6.45) is 1.66. The summed E-state index contributed by atoms with van der Waals surface area (Å²) in [6, 6.07) is 13.4. The van der Waals surface area contributed by atoms with Gasteiger partial charge in [0, 0.05) is 33.7 Å². The molecule has 2 aromatic rings. The van der Waals surface area contributed by atoms with Gasteiger partial charge in [-0.15, -0.1) is 0 Å². The van der Waals surface area contributed by atoms with E-state index in [2.05, 4.69) is 82.8 Å². The van der Waals surface area contributed by atoms with Crippen LogP contribution in [-0.2, 0) is 41.6 Å². The van der Waals surface area contributed by atoms with Crippen LogP contribution in [0.15, 0.2) is 36.4 Å². The van der Waals surface area contributed by atoms with Gasteiger partial charge in [-0.3, -0.25) is 14.6 Å². The molecule has 0 saturated heterocycles. The number of amides is 1. The summed E-state index contributed by atoms with van der Waals surface area (Å²) in [7, 11) is 5.71. The Morgan fingerprint density at radius 3 is 1.93 bits per heavy atom. The van der Waals surface area contributed by atoms with Crippen molar-refractivity contribution < 1.29 is 13.6 Å². The van der Waals surface area contributed by atoms with Gasteiger partial charge in [-0.05, 0) is 76.9 Å². The summed E-state index contributed by atoms with van der Waals surface area (Å²) in [5.74, 6) is 0.195. The first-order valence-electron chi connectivity index (χ1n) is 14.8. The van der Waals surface area contributed by atoms with Gasteiger partial charge in [-0.2, -0.15) is 0 Å². The maximum absolute atomic E-state index is 12.5. The molecule has 1 unspecified atom stereocenters. The van der Waals surface area contributed by atoms with Crippen LogP contribution in [0.2, 0.25) is 0 Å². The largest absolute Gasteiger partial charge is 0.347 e. The van der Waals surface area contributed by atoms with Crippen molar-refractivity contribution in [1.29, 1.82) is 0 Å². The average molecular weight is 556 g/mol. The van der Waals surface area contributed by atoms with Crippen LogP contribution in [0.25, 0.3) is 0 Å². The smallest absolute Gasteiger partial charge is 0.251 e. The van der Waals surface area contributed by atoms with E-state index in [0.29, 0.717) is 6.54 Å². The second-order valence-corrected chi connectivity index (χ2v) is 13.2. The molecule has 0 aromatic heterocycles. The number of rotatable bonds is 7. The number of likely N-dealkylation sites (N-methyl/N-ethyl adjacent to an activating group) is 2. The predicted octanol–water partition coefficient (Wildman–Crippen LogP) is 6.82. The number of carbonyl (C=O) groups excluding carboxylic acids is 1. The first-order valence-corrected chi connectivity index (χ1v) is 14.8. The zero-order valence-electron chi connectivity index (χ0n) is 26.3. The molecular weight excluding hydrogens is 504 g/mol. The number of carbonyl (C=O) groups is 1. The Hall–Kier alpha value is -2.31. The van der Waals surface area contributed by atoms with Gasteiger partial charge in [0.1, 0.15) is 0 Å². The fourth-order valence-corrected chi connectivity index (χ4v) is 5.51. The Morgan fingerprint density at radius 1 is 0.900 bits per heavy atom. The fraction of sp³-hybridized carbons (Fsp3) is 0.618. The molecule has 0 spiro atoms. The van der Waals surface area contributed by atoms with Crippen molar-refractivity contribution in [3.8, 4) is 0 Å². The highest BCUT2D eigenvalue weighted by molar-refractivity contribution is 5.82. The van der Waals surface area contributed by atoms with E-state index in [0.717, 1.165) is 38.8 Å². The zero-order chi connectivity index (χ0) is 29.8. The molecule has 1 atom stereocenters. The molecule has 4 nitrogen and oxygen atoms in total. The van der Waals surface area contributed by atoms with Crippen LogP contribution in [0.3, 0.4) is 0 Å². The minimum Gasteiger partial charge on any atom is -0.347 e. The molecule has 0 N–H and O–H groups in total. The summed E-state index contributed by atoms with van der Waals surface area (Å²) in [4.78, 5) is 18.0. The van der Waals surface area contributed by atoms with E-state index >= 15 is 0 Å². The number of hydrogen-bond donors (Lipinski definition) is 0. The summed E-state index contributed by atoms with van der Waals surface area (Å²) in [6.45, 7) is 15.6. The lowest BCUT2D eigenvalue weighted by atomic mass is 9.80. The van der Waals surface area contributed by atoms with Crippen molar-refractivity contribution in [2.45, 2.75) is 104 Å². The van der Waals surface area contributed by atoms with Crippen molar-refractivity contribution in [3.05, 3.63) is 69.8 Å². The first-order chi connectivity index (χ1) is 18.7. The van der Waals surface area contributed by atoms with Crippen LogP contribution in [-0.4, -0.2) is 67.3 Å². The molecule has 222 valence electrons. The molecule has 0 saturated carbocycles. The molecule has 1 amide bonds. The summed E-state index contributed by atoms with van der Waals surface area (Å²) in [5, 5.41) is 0. The highest BCUT2D eigenvalue weighted by Gasteiger charge is 2.31. The SMILES string of the molecule is CCC(C)(C)c1ccc2c(c1)CN(C)C(C(=O)N(C)C)C2.CCC(C)(C)c1ccc2c(c1)CN(CC(F)F)CC2. The predicted molar refractivity (Wildman–Crippen MR) is 162 cm³/mol. The number of benzene rings is 2. The average Bonchev–Trinajstić information content (AvgIpc) is 2.91. The lowest BCUT2D eigenvalue weighted by Gasteiger charge is -2.35. The molecule has 2 aliphatic rings. The monoisotopic (exact) mass is 555 g/mol. The summed E-state index contributed by atoms with van der Waals surface area (Å²) >= 11 is 0. The van der Waals surface area contributed by atoms with Gasteiger partial charge >= 0.3 is 0 Å². The van der Waals surface area contributed by atoms with Gasteiger partial charge in [-0.25, -0.2) is 8.78 Å². The van der Waals surface area contributed by atoms with Gasteiger partial charge in [0.2, 0.25) is 5.91 Å². The first kappa shape index (κ1) is 32.2. The van der Waals surface area contributed by atoms with Crippen molar-refractivity contribution in [2.75, 3.05) is 34.2 Å². The Morgan fingerprint density at radius 2 is 1.43 bits per heavy atom. The Labute approximate surface area is 241 Å². The molecule has 0 radical (unpaired) electrons. The highest BCUT2D eigenvalue weighted by Crippen LogP contribution is 2.32. The van der Waals surface area contributed by atoms with Crippen LogP contribution in [0.5, 0.6) is 0 Å². The minimum atomic E-state index is -2.24. The number of fused-ring (bicyclic) bond motifs is 2. The van der Waals surface area contributed by atoms with Gasteiger partial charge in [-0.1, -0.05) is 77.9 Å². The molecule has 0 aliphatic carbocycles. The molecule has 0 bridgehead atoms. The summed E-state index contributed by atoms with van der Waals surface area (Å²) < 4.78 is 25.0. The number of nitrogens with zero attached hydrogens (tertiary/aromatic N) is 3. The van der Waals surface area contributed by atoms with Gasteiger partial charge in [0.05, 0.1) is 12.6 Å². The lowest BCUT2D eigenvalue weighted by molar-refractivity contribution is -0.134. The van der Waals surface area contributed by atoms with Gasteiger partial charge < -0.3 is 4.90 Å². The van der Waals surface area contributed by atoms with E-state index in [1.807, 2.05) is 26.0 Å². The maximum atomic E-state index is 12.5. The molecule has 40 heavy (non-hydrogen) atoms. The molecular formula is C34H51F2N3O. The molecule has 2 aliphatic heterocycles. The van der Waals surface area contributed by atoms with E-state index in [-0.39, 0.29) is 29.3 Å². The van der Waals surface area contributed by atoms with Gasteiger partial charge in [0.25, 0.3) is 6.43 Å². The molecule has 0 fully saturated rings. The molecule has 2 heterocycles. The normalized spacial score (nSPS) is 18.1. The van der Waals surface area contributed by atoms with E-state index in [1.54, 1.807) is 4.90 Å². The van der Waals surface area contributed by atoms with Crippen molar-refractivity contribution >= 4 is 5.91 Å². The third-order valence-corrected chi connectivity index (χ3v) is 9.32. The molecule has 4 rings (SSSR count). The van der Waals surface area contributed by atoms with Crippen LogP contribution in [0.1, 0.15) is 87.8 Å².